The summed E-state index contributed by atoms with van der Waals surface area (Å²) in [7, 11) is -3.80. The molecule has 1 N–H and O–H groups in total. The maximum absolute atomic E-state index is 13.5. The number of rotatable bonds is 6. The third-order valence-corrected chi connectivity index (χ3v) is 8.59. The molecule has 1 heterocycles. The molecule has 0 aromatic heterocycles. The fourth-order valence-corrected chi connectivity index (χ4v) is 7.52. The number of hydrogen-bond acceptors (Lipinski definition) is 6. The molecule has 1 aliphatic heterocycles. The van der Waals surface area contributed by atoms with E-state index < -0.39 is 28.5 Å². The van der Waals surface area contributed by atoms with Crippen molar-refractivity contribution in [2.75, 3.05) is 18.5 Å². The highest BCUT2D eigenvalue weighted by molar-refractivity contribution is 7.89. The second-order valence-corrected chi connectivity index (χ2v) is 12.5. The maximum Gasteiger partial charge on any atom is 0.338 e. The van der Waals surface area contributed by atoms with Gasteiger partial charge in [0, 0.05) is 12.6 Å². The normalized spacial score (nSPS) is 23.3. The minimum absolute atomic E-state index is 0.0355. The van der Waals surface area contributed by atoms with E-state index in [1.54, 1.807) is 28.6 Å². The van der Waals surface area contributed by atoms with Gasteiger partial charge in [-0.25, -0.2) is 13.2 Å². The third kappa shape index (κ3) is 5.24. The van der Waals surface area contributed by atoms with Crippen molar-refractivity contribution in [2.45, 2.75) is 51.0 Å². The third-order valence-electron chi connectivity index (χ3n) is 6.70. The molecule has 2 aromatic carbocycles. The number of benzene rings is 2. The molecule has 35 heavy (non-hydrogen) atoms. The molecule has 1 aliphatic carbocycles. The van der Waals surface area contributed by atoms with Crippen LogP contribution in [0.5, 0.6) is 0 Å². The van der Waals surface area contributed by atoms with Crippen LogP contribution in [0.4, 0.5) is 5.69 Å². The van der Waals surface area contributed by atoms with Crippen molar-refractivity contribution in [3.63, 3.8) is 0 Å². The van der Waals surface area contributed by atoms with Gasteiger partial charge in [0.25, 0.3) is 5.91 Å². The smallest absolute Gasteiger partial charge is 0.338 e. The van der Waals surface area contributed by atoms with Gasteiger partial charge in [0.1, 0.15) is 6.07 Å². The quantitative estimate of drug-likeness (QED) is 0.607. The van der Waals surface area contributed by atoms with Crippen molar-refractivity contribution in [2.24, 2.45) is 10.8 Å². The molecule has 2 atom stereocenters. The van der Waals surface area contributed by atoms with Gasteiger partial charge in [-0.15, -0.1) is 0 Å². The van der Waals surface area contributed by atoms with Gasteiger partial charge in [-0.3, -0.25) is 4.79 Å². The monoisotopic (exact) mass is 495 g/mol. The zero-order chi connectivity index (χ0) is 25.4. The number of amides is 1. The topological polar surface area (TPSA) is 117 Å². The Bertz CT molecular complexity index is 1310. The Kier molecular flexibility index (Phi) is 6.47. The van der Waals surface area contributed by atoms with Gasteiger partial charge in [-0.05, 0) is 60.4 Å². The van der Waals surface area contributed by atoms with Gasteiger partial charge in [0.05, 0.1) is 21.7 Å². The molecular weight excluding hydrogens is 466 g/mol. The van der Waals surface area contributed by atoms with Gasteiger partial charge < -0.3 is 10.1 Å². The van der Waals surface area contributed by atoms with Gasteiger partial charge in [-0.1, -0.05) is 39.0 Å². The zero-order valence-electron chi connectivity index (χ0n) is 20.1. The maximum atomic E-state index is 13.5. The first-order valence-corrected chi connectivity index (χ1v) is 12.9. The largest absolute Gasteiger partial charge is 0.452 e. The predicted octanol–water partition coefficient (Wildman–Crippen LogP) is 3.94. The summed E-state index contributed by atoms with van der Waals surface area (Å²) in [6.07, 6.45) is 2.60. The minimum Gasteiger partial charge on any atom is -0.452 e. The minimum atomic E-state index is -3.80. The van der Waals surface area contributed by atoms with Crippen LogP contribution < -0.4 is 5.32 Å². The van der Waals surface area contributed by atoms with Gasteiger partial charge in [0.2, 0.25) is 10.0 Å². The molecule has 1 saturated heterocycles. The summed E-state index contributed by atoms with van der Waals surface area (Å²) in [4.78, 5) is 24.8. The summed E-state index contributed by atoms with van der Waals surface area (Å²) in [5.74, 6) is -1.41. The van der Waals surface area contributed by atoms with Crippen LogP contribution in [0.15, 0.2) is 53.4 Å². The van der Waals surface area contributed by atoms with Gasteiger partial charge in [-0.2, -0.15) is 9.57 Å². The van der Waals surface area contributed by atoms with Crippen LogP contribution in [-0.2, 0) is 19.6 Å². The number of carbonyl (C=O) groups excluding carboxylic acids is 2. The fourth-order valence-electron chi connectivity index (χ4n) is 5.70. The SMILES string of the molecule is CC1(C)C[C@@H]2C[C@](C)(CN2S(=O)(=O)c2cccc(C(=O)OCC(=O)Nc3ccccc3C#N)c2)C1. The van der Waals surface area contributed by atoms with Crippen molar-refractivity contribution in [3.8, 4) is 6.07 Å². The average Bonchev–Trinajstić information content (AvgIpc) is 3.07. The second kappa shape index (κ2) is 9.10. The van der Waals surface area contributed by atoms with Crippen molar-refractivity contribution in [1.82, 2.24) is 4.31 Å². The van der Waals surface area contributed by atoms with Crippen LogP contribution in [0.2, 0.25) is 0 Å². The molecule has 9 heteroatoms. The zero-order valence-corrected chi connectivity index (χ0v) is 20.9. The van der Waals surface area contributed by atoms with Gasteiger partial charge >= 0.3 is 5.97 Å². The lowest BCUT2D eigenvalue weighted by Gasteiger charge is -2.39. The molecule has 1 amide bonds. The first kappa shape index (κ1) is 24.9. The van der Waals surface area contributed by atoms with E-state index in [1.165, 1.54) is 24.3 Å². The lowest BCUT2D eigenvalue weighted by atomic mass is 9.65. The fraction of sp³-hybridized carbons (Fsp3) is 0.423. The highest BCUT2D eigenvalue weighted by atomic mass is 32.2. The average molecular weight is 496 g/mol. The second-order valence-electron chi connectivity index (χ2n) is 10.6. The van der Waals surface area contributed by atoms with E-state index >= 15 is 0 Å². The molecule has 2 aliphatic rings. The summed E-state index contributed by atoms with van der Waals surface area (Å²) in [5.41, 5.74) is 0.658. The lowest BCUT2D eigenvalue weighted by Crippen LogP contribution is -2.37. The highest BCUT2D eigenvalue weighted by Gasteiger charge is 2.53. The first-order chi connectivity index (χ1) is 16.4. The van der Waals surface area contributed by atoms with Crippen LogP contribution in [0.3, 0.4) is 0 Å². The van der Waals surface area contributed by atoms with Crippen molar-refractivity contribution < 1.29 is 22.7 Å². The Balaban J connectivity index is 1.44. The van der Waals surface area contributed by atoms with E-state index in [-0.39, 0.29) is 32.9 Å². The number of fused-ring (bicyclic) bond motifs is 2. The highest BCUT2D eigenvalue weighted by Crippen LogP contribution is 2.53. The van der Waals surface area contributed by atoms with Crippen molar-refractivity contribution >= 4 is 27.6 Å². The molecule has 1 saturated carbocycles. The first-order valence-electron chi connectivity index (χ1n) is 11.5. The van der Waals surface area contributed by atoms with Crippen molar-refractivity contribution in [1.29, 1.82) is 5.26 Å². The molecule has 184 valence electrons. The molecule has 8 nitrogen and oxygen atoms in total. The molecule has 0 unspecified atom stereocenters. The number of nitrogens with zero attached hydrogens (tertiary/aromatic N) is 2. The molecule has 2 bridgehead atoms. The summed E-state index contributed by atoms with van der Waals surface area (Å²) < 4.78 is 33.7. The number of hydrogen-bond donors (Lipinski definition) is 1. The molecule has 2 aromatic rings. The number of ether oxygens (including phenoxy) is 1. The van der Waals surface area contributed by atoms with E-state index in [0.29, 0.717) is 12.2 Å². The number of nitrogens with one attached hydrogen (secondary N) is 1. The Morgan fingerprint density at radius 2 is 1.89 bits per heavy atom. The van der Waals surface area contributed by atoms with Crippen molar-refractivity contribution in [3.05, 3.63) is 59.7 Å². The Hall–Kier alpha value is -3.22. The molecule has 2 fully saturated rings. The molecule has 0 radical (unpaired) electrons. The van der Waals surface area contributed by atoms with E-state index in [1.807, 2.05) is 6.07 Å². The van der Waals surface area contributed by atoms with E-state index in [2.05, 4.69) is 26.1 Å². The van der Waals surface area contributed by atoms with Gasteiger partial charge in [0.15, 0.2) is 6.61 Å². The van der Waals surface area contributed by atoms with Crippen LogP contribution in [0.25, 0.3) is 0 Å². The number of nitriles is 1. The Morgan fingerprint density at radius 1 is 1.14 bits per heavy atom. The number of para-hydroxylation sites is 1. The lowest BCUT2D eigenvalue weighted by molar-refractivity contribution is -0.119. The Morgan fingerprint density at radius 3 is 2.63 bits per heavy atom. The number of sulfonamides is 1. The molecule has 0 spiro atoms. The summed E-state index contributed by atoms with van der Waals surface area (Å²) in [6, 6.07) is 14.1. The van der Waals surface area contributed by atoms with E-state index in [9.17, 15) is 18.0 Å². The van der Waals surface area contributed by atoms with Crippen LogP contribution in [0.1, 0.15) is 56.0 Å². The summed E-state index contributed by atoms with van der Waals surface area (Å²) in [5, 5.41) is 11.7. The summed E-state index contributed by atoms with van der Waals surface area (Å²) >= 11 is 0. The predicted molar refractivity (Wildman–Crippen MR) is 130 cm³/mol. The van der Waals surface area contributed by atoms with Crippen LogP contribution in [-0.4, -0.2) is 43.8 Å². The summed E-state index contributed by atoms with van der Waals surface area (Å²) in [6.45, 7) is 6.39. The number of anilines is 1. The van der Waals surface area contributed by atoms with E-state index in [4.69, 9.17) is 10.00 Å². The van der Waals surface area contributed by atoms with Crippen LogP contribution >= 0.6 is 0 Å². The standard InChI is InChI=1S/C26H29N3O5S/c1-25(2)12-20-13-26(3,16-25)17-29(20)35(32,33)21-9-6-8-18(11-21)24(31)34-15-23(30)28-22-10-5-4-7-19(22)14-27/h4-11,20H,12-13,15-17H2,1-3H3,(H,28,30)/t20-,26+/m1/s1. The molecule has 4 rings (SSSR count). The number of esters is 1. The van der Waals surface area contributed by atoms with Crippen LogP contribution in [0, 0.1) is 22.2 Å². The number of carbonyl (C=O) groups is 2. The van der Waals surface area contributed by atoms with E-state index in [0.717, 1.165) is 19.3 Å². The molecular formula is C26H29N3O5S. The Labute approximate surface area is 205 Å².